The van der Waals surface area contributed by atoms with Crippen LogP contribution in [0.4, 0.5) is 0 Å². The molecule has 6 heteroatoms. The van der Waals surface area contributed by atoms with Crippen molar-refractivity contribution in [3.63, 3.8) is 0 Å². The zero-order valence-corrected chi connectivity index (χ0v) is 17.2. The lowest BCUT2D eigenvalue weighted by Crippen LogP contribution is -2.40. The van der Waals surface area contributed by atoms with Gasteiger partial charge in [-0.2, -0.15) is 0 Å². The molecule has 1 aliphatic heterocycles. The summed E-state index contributed by atoms with van der Waals surface area (Å²) < 4.78 is 5.55. The van der Waals surface area contributed by atoms with Gasteiger partial charge in [0.2, 0.25) is 0 Å². The van der Waals surface area contributed by atoms with Gasteiger partial charge >= 0.3 is 0 Å². The van der Waals surface area contributed by atoms with E-state index in [9.17, 15) is 5.11 Å². The SMILES string of the molecule is CCNC(=NCC1(CCO)CCOC1)NC1CC1c1ccccc1.I. The number of ether oxygens (including phenoxy) is 1. The molecule has 2 fully saturated rings. The molecule has 2 aliphatic rings. The van der Waals surface area contributed by atoms with Gasteiger partial charge in [-0.15, -0.1) is 24.0 Å². The van der Waals surface area contributed by atoms with Crippen LogP contribution in [0.3, 0.4) is 0 Å². The van der Waals surface area contributed by atoms with Crippen molar-refractivity contribution in [1.29, 1.82) is 0 Å². The molecule has 1 aromatic carbocycles. The highest BCUT2D eigenvalue weighted by molar-refractivity contribution is 14.0. The van der Waals surface area contributed by atoms with Crippen LogP contribution in [0.5, 0.6) is 0 Å². The molecule has 1 aliphatic carbocycles. The zero-order chi connectivity index (χ0) is 16.8. The van der Waals surface area contributed by atoms with E-state index in [1.807, 2.05) is 0 Å². The number of benzene rings is 1. The summed E-state index contributed by atoms with van der Waals surface area (Å²) in [5, 5.41) is 16.2. The van der Waals surface area contributed by atoms with Gasteiger partial charge in [0.1, 0.15) is 0 Å². The molecule has 140 valence electrons. The van der Waals surface area contributed by atoms with Crippen molar-refractivity contribution >= 4 is 29.9 Å². The first-order valence-electron chi connectivity index (χ1n) is 9.05. The lowest BCUT2D eigenvalue weighted by molar-refractivity contribution is 0.131. The quantitative estimate of drug-likeness (QED) is 0.333. The van der Waals surface area contributed by atoms with Gasteiger partial charge < -0.3 is 20.5 Å². The van der Waals surface area contributed by atoms with Crippen LogP contribution < -0.4 is 10.6 Å². The second-order valence-electron chi connectivity index (χ2n) is 6.98. The van der Waals surface area contributed by atoms with Crippen molar-refractivity contribution in [1.82, 2.24) is 10.6 Å². The highest BCUT2D eigenvalue weighted by atomic mass is 127. The first-order valence-corrected chi connectivity index (χ1v) is 9.05. The van der Waals surface area contributed by atoms with Crippen LogP contribution >= 0.6 is 24.0 Å². The first kappa shape index (κ1) is 20.5. The maximum Gasteiger partial charge on any atom is 0.191 e. The Morgan fingerprint density at radius 2 is 2.16 bits per heavy atom. The van der Waals surface area contributed by atoms with Crippen LogP contribution in [0.25, 0.3) is 0 Å². The number of nitrogens with one attached hydrogen (secondary N) is 2. The fourth-order valence-electron chi connectivity index (χ4n) is 3.45. The maximum atomic E-state index is 9.34. The number of hydrogen-bond donors (Lipinski definition) is 3. The van der Waals surface area contributed by atoms with Crippen molar-refractivity contribution < 1.29 is 9.84 Å². The van der Waals surface area contributed by atoms with Crippen molar-refractivity contribution in [2.75, 3.05) is 32.9 Å². The molecular formula is C19H30IN3O2. The summed E-state index contributed by atoms with van der Waals surface area (Å²) in [7, 11) is 0. The summed E-state index contributed by atoms with van der Waals surface area (Å²) in [4.78, 5) is 4.80. The van der Waals surface area contributed by atoms with Crippen molar-refractivity contribution in [2.24, 2.45) is 10.4 Å². The molecule has 3 atom stereocenters. The van der Waals surface area contributed by atoms with E-state index in [0.717, 1.165) is 38.4 Å². The van der Waals surface area contributed by atoms with Crippen LogP contribution in [0, 0.1) is 5.41 Å². The summed E-state index contributed by atoms with van der Waals surface area (Å²) in [6.07, 6.45) is 2.89. The van der Waals surface area contributed by atoms with Gasteiger partial charge in [0.05, 0.1) is 13.2 Å². The summed E-state index contributed by atoms with van der Waals surface area (Å²) in [6.45, 7) is 5.30. The topological polar surface area (TPSA) is 65.9 Å². The largest absolute Gasteiger partial charge is 0.396 e. The minimum absolute atomic E-state index is 0. The molecule has 3 N–H and O–H groups in total. The van der Waals surface area contributed by atoms with Gasteiger partial charge in [-0.1, -0.05) is 30.3 Å². The molecule has 0 aromatic heterocycles. The van der Waals surface area contributed by atoms with Crippen LogP contribution in [0.15, 0.2) is 35.3 Å². The van der Waals surface area contributed by atoms with E-state index in [4.69, 9.17) is 9.73 Å². The molecule has 1 aromatic rings. The van der Waals surface area contributed by atoms with Gasteiger partial charge in [0.15, 0.2) is 5.96 Å². The molecule has 0 spiro atoms. The minimum atomic E-state index is -0.000512. The Bertz CT molecular complexity index is 547. The summed E-state index contributed by atoms with van der Waals surface area (Å²) in [6, 6.07) is 11.1. The number of hydrogen-bond acceptors (Lipinski definition) is 3. The summed E-state index contributed by atoms with van der Waals surface area (Å²) in [5.41, 5.74) is 1.39. The number of nitrogens with zero attached hydrogens (tertiary/aromatic N) is 1. The summed E-state index contributed by atoms with van der Waals surface area (Å²) in [5.74, 6) is 1.46. The van der Waals surface area contributed by atoms with E-state index >= 15 is 0 Å². The lowest BCUT2D eigenvalue weighted by atomic mass is 9.84. The highest BCUT2D eigenvalue weighted by Crippen LogP contribution is 2.40. The standard InChI is InChI=1S/C19H29N3O2.HI/c1-2-20-18(21-13-19(8-10-23)9-11-24-14-19)22-17-12-16(17)15-6-4-3-5-7-15;/h3-7,16-17,23H,2,8-14H2,1H3,(H2,20,21,22);1H. The van der Waals surface area contributed by atoms with Crippen molar-refractivity contribution in [3.05, 3.63) is 35.9 Å². The maximum absolute atomic E-state index is 9.34. The predicted molar refractivity (Wildman–Crippen MR) is 112 cm³/mol. The minimum Gasteiger partial charge on any atom is -0.396 e. The number of rotatable bonds is 7. The molecule has 0 radical (unpaired) electrons. The lowest BCUT2D eigenvalue weighted by Gasteiger charge is -2.25. The average molecular weight is 459 g/mol. The fraction of sp³-hybridized carbons (Fsp3) is 0.632. The second kappa shape index (κ2) is 9.73. The van der Waals surface area contributed by atoms with Crippen LogP contribution in [0.1, 0.15) is 37.7 Å². The van der Waals surface area contributed by atoms with E-state index in [1.54, 1.807) is 0 Å². The van der Waals surface area contributed by atoms with Crippen LogP contribution in [0.2, 0.25) is 0 Å². The molecule has 0 bridgehead atoms. The van der Waals surface area contributed by atoms with E-state index < -0.39 is 0 Å². The van der Waals surface area contributed by atoms with Gasteiger partial charge in [-0.05, 0) is 31.7 Å². The van der Waals surface area contributed by atoms with Gasteiger partial charge in [0, 0.05) is 37.1 Å². The monoisotopic (exact) mass is 459 g/mol. The molecule has 0 amide bonds. The van der Waals surface area contributed by atoms with E-state index in [0.29, 0.717) is 25.1 Å². The van der Waals surface area contributed by atoms with Gasteiger partial charge in [0.25, 0.3) is 0 Å². The third kappa shape index (κ3) is 5.56. The Labute approximate surface area is 167 Å². The number of halogens is 1. The Kier molecular flexibility index (Phi) is 7.96. The van der Waals surface area contributed by atoms with Crippen LogP contribution in [-0.4, -0.2) is 50.0 Å². The third-order valence-corrected chi connectivity index (χ3v) is 5.08. The Hall–Kier alpha value is -0.860. The normalized spacial score (nSPS) is 28.3. The van der Waals surface area contributed by atoms with Gasteiger partial charge in [-0.25, -0.2) is 0 Å². The fourth-order valence-corrected chi connectivity index (χ4v) is 3.45. The number of guanidine groups is 1. The van der Waals surface area contributed by atoms with E-state index in [1.165, 1.54) is 5.56 Å². The first-order chi connectivity index (χ1) is 11.8. The number of aliphatic hydroxyl groups is 1. The van der Waals surface area contributed by atoms with Crippen molar-refractivity contribution in [2.45, 2.75) is 38.1 Å². The molecule has 5 nitrogen and oxygen atoms in total. The second-order valence-corrected chi connectivity index (χ2v) is 6.98. The Morgan fingerprint density at radius 1 is 1.36 bits per heavy atom. The average Bonchev–Trinajstić information content (AvgIpc) is 3.22. The molecule has 1 saturated carbocycles. The van der Waals surface area contributed by atoms with E-state index in [2.05, 4.69) is 47.9 Å². The smallest absolute Gasteiger partial charge is 0.191 e. The number of aliphatic hydroxyl groups excluding tert-OH is 1. The molecule has 3 rings (SSSR count). The van der Waals surface area contributed by atoms with Gasteiger partial charge in [-0.3, -0.25) is 4.99 Å². The predicted octanol–water partition coefficient (Wildman–Crippen LogP) is 2.50. The molecule has 3 unspecified atom stereocenters. The van der Waals surface area contributed by atoms with E-state index in [-0.39, 0.29) is 36.0 Å². The molecule has 25 heavy (non-hydrogen) atoms. The molecule has 1 heterocycles. The van der Waals surface area contributed by atoms with Crippen molar-refractivity contribution in [3.8, 4) is 0 Å². The molecular weight excluding hydrogens is 429 g/mol. The number of aliphatic imine (C=N–C) groups is 1. The molecule has 1 saturated heterocycles. The Morgan fingerprint density at radius 3 is 2.80 bits per heavy atom. The third-order valence-electron chi connectivity index (χ3n) is 5.08. The zero-order valence-electron chi connectivity index (χ0n) is 14.9. The van der Waals surface area contributed by atoms with Crippen LogP contribution in [-0.2, 0) is 4.74 Å². The Balaban J connectivity index is 0.00000225. The summed E-state index contributed by atoms with van der Waals surface area (Å²) >= 11 is 0. The highest BCUT2D eigenvalue weighted by Gasteiger charge is 2.39.